The number of hydrogen-bond acceptors (Lipinski definition) is 6. The van der Waals surface area contributed by atoms with E-state index in [1.54, 1.807) is 14.0 Å². The van der Waals surface area contributed by atoms with Gasteiger partial charge in [-0.3, -0.25) is 0 Å². The van der Waals surface area contributed by atoms with Gasteiger partial charge in [-0.1, -0.05) is 12.1 Å². The molecule has 2 heterocycles. The molecule has 0 spiro atoms. The minimum absolute atomic E-state index is 0.156. The number of amides is 2. The second-order valence-electron chi connectivity index (χ2n) is 6.39. The summed E-state index contributed by atoms with van der Waals surface area (Å²) in [6, 6.07) is 6.94. The maximum absolute atomic E-state index is 12.5. The predicted octanol–water partition coefficient (Wildman–Crippen LogP) is 1.34. The molecule has 1 atom stereocenters. The number of rotatable bonds is 6. The van der Waals surface area contributed by atoms with Gasteiger partial charge in [0.25, 0.3) is 0 Å². The molecule has 0 aromatic heterocycles. The molecule has 0 aliphatic carbocycles. The van der Waals surface area contributed by atoms with Gasteiger partial charge in [-0.05, 0) is 24.6 Å². The van der Waals surface area contributed by atoms with Crippen molar-refractivity contribution in [1.82, 2.24) is 10.6 Å². The van der Waals surface area contributed by atoms with Crippen molar-refractivity contribution in [3.8, 4) is 0 Å². The highest BCUT2D eigenvalue weighted by Gasteiger charge is 2.32. The standard InChI is InChI=1S/C19H25N3O5/c1-13-16(18(23)27-12-11-25-2)17(21-19(24)20-13)14-3-5-15(6-4-14)22-7-9-26-10-8-22/h3-6,17H,7-12H2,1-2H3,(H2,20,21,24)/t17-/m0/s1. The Hall–Kier alpha value is -2.58. The van der Waals surface area contributed by atoms with Crippen molar-refractivity contribution in [1.29, 1.82) is 0 Å². The van der Waals surface area contributed by atoms with E-state index in [9.17, 15) is 9.59 Å². The Balaban J connectivity index is 1.80. The molecule has 2 N–H and O–H groups in total. The van der Waals surface area contributed by atoms with Crippen molar-refractivity contribution in [2.24, 2.45) is 0 Å². The molecule has 0 radical (unpaired) electrons. The Bertz CT molecular complexity index is 711. The number of nitrogens with one attached hydrogen (secondary N) is 2. The predicted molar refractivity (Wildman–Crippen MR) is 99.4 cm³/mol. The first-order chi connectivity index (χ1) is 13.1. The number of carbonyl (C=O) groups excluding carboxylic acids is 2. The molecule has 1 aromatic rings. The highest BCUT2D eigenvalue weighted by Crippen LogP contribution is 2.29. The van der Waals surface area contributed by atoms with Crippen LogP contribution in [0, 0.1) is 0 Å². The van der Waals surface area contributed by atoms with Crippen molar-refractivity contribution in [3.05, 3.63) is 41.1 Å². The highest BCUT2D eigenvalue weighted by molar-refractivity contribution is 5.95. The van der Waals surface area contributed by atoms with Gasteiger partial charge < -0.3 is 29.7 Å². The van der Waals surface area contributed by atoms with E-state index < -0.39 is 12.0 Å². The Morgan fingerprint density at radius 1 is 1.22 bits per heavy atom. The average molecular weight is 375 g/mol. The summed E-state index contributed by atoms with van der Waals surface area (Å²) in [6.07, 6.45) is 0. The number of hydrogen-bond donors (Lipinski definition) is 2. The van der Waals surface area contributed by atoms with Gasteiger partial charge in [0.1, 0.15) is 6.61 Å². The van der Waals surface area contributed by atoms with Gasteiger partial charge in [0.2, 0.25) is 0 Å². The number of ether oxygens (including phenoxy) is 3. The molecule has 146 valence electrons. The van der Waals surface area contributed by atoms with Crippen LogP contribution in [0.15, 0.2) is 35.5 Å². The van der Waals surface area contributed by atoms with Gasteiger partial charge in [0.15, 0.2) is 0 Å². The van der Waals surface area contributed by atoms with Crippen LogP contribution in [0.3, 0.4) is 0 Å². The normalized spacial score (nSPS) is 20.1. The minimum atomic E-state index is -0.562. The molecular formula is C19H25N3O5. The number of esters is 1. The lowest BCUT2D eigenvalue weighted by atomic mass is 9.95. The first-order valence-corrected chi connectivity index (χ1v) is 8.97. The topological polar surface area (TPSA) is 89.1 Å². The molecule has 2 aliphatic heterocycles. The summed E-state index contributed by atoms with van der Waals surface area (Å²) in [5.41, 5.74) is 2.79. The molecule has 0 bridgehead atoms. The monoisotopic (exact) mass is 375 g/mol. The van der Waals surface area contributed by atoms with Crippen LogP contribution < -0.4 is 15.5 Å². The molecule has 2 aliphatic rings. The first-order valence-electron chi connectivity index (χ1n) is 8.97. The van der Waals surface area contributed by atoms with Gasteiger partial charge in [0.05, 0.1) is 31.4 Å². The van der Waals surface area contributed by atoms with E-state index in [2.05, 4.69) is 15.5 Å². The first kappa shape index (κ1) is 19.2. The number of anilines is 1. The van der Waals surface area contributed by atoms with Gasteiger partial charge in [-0.2, -0.15) is 0 Å². The third-order valence-corrected chi connectivity index (χ3v) is 4.61. The molecule has 1 fully saturated rings. The van der Waals surface area contributed by atoms with Crippen LogP contribution in [-0.2, 0) is 19.0 Å². The largest absolute Gasteiger partial charge is 0.460 e. The SMILES string of the molecule is COCCOC(=O)C1=C(C)NC(=O)N[C@H]1c1ccc(N2CCOCC2)cc1. The number of urea groups is 1. The van der Waals surface area contributed by atoms with Crippen LogP contribution in [0.1, 0.15) is 18.5 Å². The highest BCUT2D eigenvalue weighted by atomic mass is 16.6. The van der Waals surface area contributed by atoms with Crippen LogP contribution >= 0.6 is 0 Å². The lowest BCUT2D eigenvalue weighted by Gasteiger charge is -2.30. The molecular weight excluding hydrogens is 350 g/mol. The van der Waals surface area contributed by atoms with Crippen LogP contribution in [0.4, 0.5) is 10.5 Å². The van der Waals surface area contributed by atoms with E-state index in [1.807, 2.05) is 24.3 Å². The van der Waals surface area contributed by atoms with E-state index in [0.717, 1.165) is 24.3 Å². The van der Waals surface area contributed by atoms with E-state index >= 15 is 0 Å². The Kier molecular flexibility index (Phi) is 6.31. The summed E-state index contributed by atoms with van der Waals surface area (Å²) in [5.74, 6) is -0.473. The van der Waals surface area contributed by atoms with Crippen molar-refractivity contribution >= 4 is 17.7 Å². The van der Waals surface area contributed by atoms with Gasteiger partial charge in [0, 0.05) is 31.6 Å². The van der Waals surface area contributed by atoms with Crippen LogP contribution in [0.2, 0.25) is 0 Å². The summed E-state index contributed by atoms with van der Waals surface area (Å²) >= 11 is 0. The molecule has 3 rings (SSSR count). The molecule has 0 saturated carbocycles. The maximum Gasteiger partial charge on any atom is 0.338 e. The summed E-state index contributed by atoms with van der Waals surface area (Å²) in [7, 11) is 1.54. The fraction of sp³-hybridized carbons (Fsp3) is 0.474. The summed E-state index contributed by atoms with van der Waals surface area (Å²) in [5, 5.41) is 5.45. The average Bonchev–Trinajstić information content (AvgIpc) is 2.68. The number of carbonyl (C=O) groups is 2. The van der Waals surface area contributed by atoms with Crippen LogP contribution in [-0.4, -0.2) is 58.6 Å². The third-order valence-electron chi connectivity index (χ3n) is 4.61. The zero-order chi connectivity index (χ0) is 19.2. The summed E-state index contributed by atoms with van der Waals surface area (Å²) in [6.45, 7) is 5.29. The zero-order valence-electron chi connectivity index (χ0n) is 15.6. The quantitative estimate of drug-likeness (QED) is 0.576. The Morgan fingerprint density at radius 2 is 1.93 bits per heavy atom. The Morgan fingerprint density at radius 3 is 2.59 bits per heavy atom. The van der Waals surface area contributed by atoms with Crippen molar-refractivity contribution in [2.75, 3.05) is 51.5 Å². The molecule has 0 unspecified atom stereocenters. The third kappa shape index (κ3) is 4.58. The zero-order valence-corrected chi connectivity index (χ0v) is 15.6. The van der Waals surface area contributed by atoms with Gasteiger partial charge in [-0.25, -0.2) is 9.59 Å². The number of methoxy groups -OCH3 is 1. The molecule has 1 aromatic carbocycles. The van der Waals surface area contributed by atoms with Gasteiger partial charge >= 0.3 is 12.0 Å². The van der Waals surface area contributed by atoms with E-state index in [1.165, 1.54) is 0 Å². The van der Waals surface area contributed by atoms with E-state index in [4.69, 9.17) is 14.2 Å². The second kappa shape index (κ2) is 8.88. The molecule has 8 nitrogen and oxygen atoms in total. The smallest absolute Gasteiger partial charge is 0.338 e. The maximum atomic E-state index is 12.5. The van der Waals surface area contributed by atoms with Crippen molar-refractivity contribution < 1.29 is 23.8 Å². The number of allylic oxidation sites excluding steroid dienone is 1. The van der Waals surface area contributed by atoms with E-state index in [0.29, 0.717) is 31.1 Å². The minimum Gasteiger partial charge on any atom is -0.460 e. The number of benzene rings is 1. The van der Waals surface area contributed by atoms with Crippen molar-refractivity contribution in [3.63, 3.8) is 0 Å². The van der Waals surface area contributed by atoms with Crippen LogP contribution in [0.5, 0.6) is 0 Å². The fourth-order valence-electron chi connectivity index (χ4n) is 3.21. The second-order valence-corrected chi connectivity index (χ2v) is 6.39. The van der Waals surface area contributed by atoms with Gasteiger partial charge in [-0.15, -0.1) is 0 Å². The lowest BCUT2D eigenvalue weighted by Crippen LogP contribution is -2.45. The molecule has 1 saturated heterocycles. The molecule has 2 amide bonds. The Labute approximate surface area is 158 Å². The summed E-state index contributed by atoms with van der Waals surface area (Å²) in [4.78, 5) is 26.7. The van der Waals surface area contributed by atoms with Crippen LogP contribution in [0.25, 0.3) is 0 Å². The van der Waals surface area contributed by atoms with Crippen molar-refractivity contribution in [2.45, 2.75) is 13.0 Å². The molecule has 27 heavy (non-hydrogen) atoms. The summed E-state index contributed by atoms with van der Waals surface area (Å²) < 4.78 is 15.6. The number of nitrogens with zero attached hydrogens (tertiary/aromatic N) is 1. The fourth-order valence-corrected chi connectivity index (χ4v) is 3.21. The van der Waals surface area contributed by atoms with E-state index in [-0.39, 0.29) is 12.6 Å². The lowest BCUT2D eigenvalue weighted by molar-refractivity contribution is -0.140. The molecule has 8 heteroatoms. The number of morpholine rings is 1.